The smallest absolute Gasteiger partial charge is 0.315 e. The van der Waals surface area contributed by atoms with Crippen LogP contribution in [0.15, 0.2) is 0 Å². The second-order valence-electron chi connectivity index (χ2n) is 6.74. The Kier molecular flexibility index (Phi) is 5.73. The Balaban J connectivity index is 1.52. The number of rotatable bonds is 5. The van der Waals surface area contributed by atoms with E-state index in [4.69, 9.17) is 0 Å². The molecule has 0 aromatic carbocycles. The fourth-order valence-electron chi connectivity index (χ4n) is 3.32. The highest BCUT2D eigenvalue weighted by molar-refractivity contribution is 7.18. The van der Waals surface area contributed by atoms with Crippen molar-refractivity contribution in [2.75, 3.05) is 18.4 Å². The molecule has 7 heteroatoms. The number of urea groups is 1. The maximum atomic E-state index is 12.0. The molecule has 1 aliphatic carbocycles. The number of amides is 2. The van der Waals surface area contributed by atoms with Gasteiger partial charge in [-0.1, -0.05) is 19.3 Å². The Morgan fingerprint density at radius 1 is 1.12 bits per heavy atom. The maximum absolute atomic E-state index is 12.0. The number of hydrogen-bond donors (Lipinski definition) is 3. The van der Waals surface area contributed by atoms with E-state index in [0.29, 0.717) is 19.1 Å². The van der Waals surface area contributed by atoms with Crippen LogP contribution in [0, 0.1) is 20.8 Å². The number of thiophene rings is 1. The lowest BCUT2D eigenvalue weighted by atomic mass is 9.96. The zero-order chi connectivity index (χ0) is 17.8. The number of nitrogens with one attached hydrogen (secondary N) is 3. The van der Waals surface area contributed by atoms with Crippen molar-refractivity contribution in [2.24, 2.45) is 0 Å². The summed E-state index contributed by atoms with van der Waals surface area (Å²) >= 11 is 1.70. The first kappa shape index (κ1) is 17.9. The van der Waals surface area contributed by atoms with Crippen LogP contribution in [0.5, 0.6) is 0 Å². The van der Waals surface area contributed by atoms with Gasteiger partial charge in [0.1, 0.15) is 16.5 Å². The summed E-state index contributed by atoms with van der Waals surface area (Å²) in [6, 6.07) is 0.266. The zero-order valence-corrected chi connectivity index (χ0v) is 16.1. The van der Waals surface area contributed by atoms with Crippen molar-refractivity contribution in [3.8, 4) is 0 Å². The third-order valence-electron chi connectivity index (χ3n) is 4.78. The van der Waals surface area contributed by atoms with Crippen LogP contribution in [0.1, 0.15) is 48.4 Å². The average Bonchev–Trinajstić information content (AvgIpc) is 2.86. The Morgan fingerprint density at radius 3 is 2.64 bits per heavy atom. The number of nitrogens with zero attached hydrogens (tertiary/aromatic N) is 2. The van der Waals surface area contributed by atoms with Crippen molar-refractivity contribution in [3.05, 3.63) is 16.3 Å². The number of aryl methyl sites for hydroxylation is 3. The van der Waals surface area contributed by atoms with Crippen molar-refractivity contribution < 1.29 is 4.79 Å². The summed E-state index contributed by atoms with van der Waals surface area (Å²) in [6.07, 6.45) is 5.92. The second kappa shape index (κ2) is 7.99. The van der Waals surface area contributed by atoms with Crippen LogP contribution >= 0.6 is 11.3 Å². The number of carbonyl (C=O) groups excluding carboxylic acids is 1. The van der Waals surface area contributed by atoms with Crippen molar-refractivity contribution >= 4 is 33.4 Å². The molecule has 0 bridgehead atoms. The van der Waals surface area contributed by atoms with E-state index in [1.807, 2.05) is 6.92 Å². The highest BCUT2D eigenvalue weighted by atomic mass is 32.1. The zero-order valence-electron chi connectivity index (χ0n) is 15.2. The molecule has 2 amide bonds. The molecule has 0 atom stereocenters. The van der Waals surface area contributed by atoms with Gasteiger partial charge in [0.2, 0.25) is 0 Å². The van der Waals surface area contributed by atoms with Crippen molar-refractivity contribution in [3.63, 3.8) is 0 Å². The molecule has 136 valence electrons. The quantitative estimate of drug-likeness (QED) is 0.710. The minimum absolute atomic E-state index is 0.0692. The largest absolute Gasteiger partial charge is 0.368 e. The van der Waals surface area contributed by atoms with Gasteiger partial charge in [-0.3, -0.25) is 0 Å². The molecule has 2 heterocycles. The van der Waals surface area contributed by atoms with Crippen LogP contribution < -0.4 is 16.0 Å². The van der Waals surface area contributed by atoms with E-state index in [1.54, 1.807) is 11.3 Å². The lowest BCUT2D eigenvalue weighted by molar-refractivity contribution is 0.233. The minimum Gasteiger partial charge on any atom is -0.368 e. The Bertz CT molecular complexity index is 751. The fourth-order valence-corrected chi connectivity index (χ4v) is 4.40. The summed E-state index contributed by atoms with van der Waals surface area (Å²) in [5.74, 6) is 1.62. The van der Waals surface area contributed by atoms with Crippen molar-refractivity contribution in [1.82, 2.24) is 20.6 Å². The van der Waals surface area contributed by atoms with Gasteiger partial charge < -0.3 is 16.0 Å². The van der Waals surface area contributed by atoms with E-state index in [9.17, 15) is 4.79 Å². The van der Waals surface area contributed by atoms with E-state index in [1.165, 1.54) is 29.7 Å². The third-order valence-corrected chi connectivity index (χ3v) is 5.89. The molecule has 1 saturated carbocycles. The summed E-state index contributed by atoms with van der Waals surface area (Å²) < 4.78 is 0. The van der Waals surface area contributed by atoms with Crippen LogP contribution in [0.2, 0.25) is 0 Å². The molecule has 2 aromatic heterocycles. The molecule has 2 aromatic rings. The predicted molar refractivity (Wildman–Crippen MR) is 104 cm³/mol. The van der Waals surface area contributed by atoms with E-state index >= 15 is 0 Å². The Morgan fingerprint density at radius 2 is 1.88 bits per heavy atom. The molecule has 1 aliphatic rings. The van der Waals surface area contributed by atoms with Crippen LogP contribution in [-0.4, -0.2) is 35.1 Å². The fraction of sp³-hybridized carbons (Fsp3) is 0.611. The van der Waals surface area contributed by atoms with Gasteiger partial charge >= 0.3 is 6.03 Å². The van der Waals surface area contributed by atoms with Gasteiger partial charge in [-0.25, -0.2) is 14.8 Å². The number of hydrogen-bond acceptors (Lipinski definition) is 5. The summed E-state index contributed by atoms with van der Waals surface area (Å²) in [4.78, 5) is 23.3. The highest BCUT2D eigenvalue weighted by Gasteiger charge is 2.15. The monoisotopic (exact) mass is 361 g/mol. The molecule has 25 heavy (non-hydrogen) atoms. The molecular formula is C18H27N5OS. The van der Waals surface area contributed by atoms with Crippen molar-refractivity contribution in [2.45, 2.75) is 58.9 Å². The summed E-state index contributed by atoms with van der Waals surface area (Å²) in [5.41, 5.74) is 1.23. The number of fused-ring (bicyclic) bond motifs is 1. The van der Waals surface area contributed by atoms with E-state index in [2.05, 4.69) is 39.8 Å². The lowest BCUT2D eigenvalue weighted by Crippen LogP contribution is -2.44. The predicted octanol–water partition coefficient (Wildman–Crippen LogP) is 3.66. The molecular weight excluding hydrogens is 334 g/mol. The van der Waals surface area contributed by atoms with Gasteiger partial charge in [0.15, 0.2) is 0 Å². The molecule has 3 rings (SSSR count). The van der Waals surface area contributed by atoms with E-state index < -0.39 is 0 Å². The third kappa shape index (κ3) is 4.39. The van der Waals surface area contributed by atoms with Crippen LogP contribution in [0.25, 0.3) is 10.2 Å². The van der Waals surface area contributed by atoms with Crippen LogP contribution in [0.3, 0.4) is 0 Å². The SMILES string of the molecule is Cc1nc(NCCNC(=O)NC2CCCCC2)c2c(C)c(C)sc2n1. The molecule has 1 fully saturated rings. The number of anilines is 1. The number of carbonyl (C=O) groups is 1. The molecule has 3 N–H and O–H groups in total. The molecule has 0 spiro atoms. The van der Waals surface area contributed by atoms with Gasteiger partial charge in [0, 0.05) is 24.0 Å². The first-order chi connectivity index (χ1) is 12.0. The molecule has 0 saturated heterocycles. The highest BCUT2D eigenvalue weighted by Crippen LogP contribution is 2.32. The van der Waals surface area contributed by atoms with E-state index in [-0.39, 0.29) is 6.03 Å². The van der Waals surface area contributed by atoms with Gasteiger partial charge in [0.05, 0.1) is 5.39 Å². The second-order valence-corrected chi connectivity index (χ2v) is 7.95. The maximum Gasteiger partial charge on any atom is 0.315 e. The molecule has 6 nitrogen and oxygen atoms in total. The normalized spacial score (nSPS) is 15.3. The summed E-state index contributed by atoms with van der Waals surface area (Å²) in [5, 5.41) is 10.4. The summed E-state index contributed by atoms with van der Waals surface area (Å²) in [6.45, 7) is 7.32. The molecule has 0 aliphatic heterocycles. The standard InChI is InChI=1S/C18H27N5OS/c1-11-12(2)25-17-15(11)16(21-13(3)22-17)19-9-10-20-18(24)23-14-7-5-4-6-8-14/h14H,4-10H2,1-3H3,(H,19,21,22)(H2,20,23,24). The van der Waals surface area contributed by atoms with Gasteiger partial charge in [0.25, 0.3) is 0 Å². The van der Waals surface area contributed by atoms with Gasteiger partial charge in [-0.2, -0.15) is 0 Å². The van der Waals surface area contributed by atoms with E-state index in [0.717, 1.165) is 34.7 Å². The average molecular weight is 362 g/mol. The van der Waals surface area contributed by atoms with Crippen LogP contribution in [0.4, 0.5) is 10.6 Å². The van der Waals surface area contributed by atoms with Crippen LogP contribution in [-0.2, 0) is 0 Å². The first-order valence-electron chi connectivity index (χ1n) is 9.07. The Hall–Kier alpha value is -1.89. The van der Waals surface area contributed by atoms with Crippen molar-refractivity contribution in [1.29, 1.82) is 0 Å². The van der Waals surface area contributed by atoms with Gasteiger partial charge in [-0.05, 0) is 39.2 Å². The molecule has 0 unspecified atom stereocenters. The molecule has 0 radical (unpaired) electrons. The first-order valence-corrected chi connectivity index (χ1v) is 9.89. The number of aromatic nitrogens is 2. The Labute approximate surface area is 152 Å². The summed E-state index contributed by atoms with van der Waals surface area (Å²) in [7, 11) is 0. The van der Waals surface area contributed by atoms with Gasteiger partial charge in [-0.15, -0.1) is 11.3 Å². The lowest BCUT2D eigenvalue weighted by Gasteiger charge is -2.22. The minimum atomic E-state index is -0.0692. The topological polar surface area (TPSA) is 78.9 Å².